The van der Waals surface area contributed by atoms with Crippen molar-refractivity contribution < 1.29 is 9.18 Å². The summed E-state index contributed by atoms with van der Waals surface area (Å²) >= 11 is 13.2. The fraction of sp³-hybridized carbons (Fsp3) is 0.278. The van der Waals surface area contributed by atoms with Gasteiger partial charge in [-0.05, 0) is 62.3 Å². The van der Waals surface area contributed by atoms with E-state index in [0.717, 1.165) is 50.3 Å². The Morgan fingerprint density at radius 3 is 2.38 bits per heavy atom. The Labute approximate surface area is 289 Å². The van der Waals surface area contributed by atoms with E-state index in [1.165, 1.54) is 0 Å². The van der Waals surface area contributed by atoms with Gasteiger partial charge in [0.1, 0.15) is 12.5 Å². The van der Waals surface area contributed by atoms with Crippen LogP contribution in [0, 0.1) is 6.92 Å². The molecule has 1 saturated heterocycles. The predicted octanol–water partition coefficient (Wildman–Crippen LogP) is 8.14. The Kier molecular flexibility index (Phi) is 10.7. The summed E-state index contributed by atoms with van der Waals surface area (Å²) in [5.41, 5.74) is 4.73. The van der Waals surface area contributed by atoms with Gasteiger partial charge in [0.05, 0.1) is 10.0 Å². The molecule has 0 radical (unpaired) electrons. The molecule has 0 unspecified atom stereocenters. The first kappa shape index (κ1) is 33.5. The van der Waals surface area contributed by atoms with Gasteiger partial charge in [-0.1, -0.05) is 71.2 Å². The van der Waals surface area contributed by atoms with Crippen molar-refractivity contribution in [1.29, 1.82) is 0 Å². The molecule has 0 atom stereocenters. The summed E-state index contributed by atoms with van der Waals surface area (Å²) in [6, 6.07) is 19.5. The van der Waals surface area contributed by atoms with Crippen LogP contribution >= 0.6 is 23.2 Å². The number of aryl methyl sites for hydroxylation is 1. The molecule has 0 bridgehead atoms. The number of likely N-dealkylation sites (N-methyl/N-ethyl adjacent to an activating group) is 1. The van der Waals surface area contributed by atoms with Crippen molar-refractivity contribution >= 4 is 57.7 Å². The van der Waals surface area contributed by atoms with Crippen molar-refractivity contribution in [3.63, 3.8) is 0 Å². The van der Waals surface area contributed by atoms with E-state index in [4.69, 9.17) is 28.2 Å². The summed E-state index contributed by atoms with van der Waals surface area (Å²) in [5, 5.41) is 10.4. The van der Waals surface area contributed by atoms with E-state index in [0.29, 0.717) is 61.5 Å². The van der Waals surface area contributed by atoms with E-state index in [2.05, 4.69) is 42.8 Å². The van der Waals surface area contributed by atoms with E-state index < -0.39 is 12.7 Å². The lowest BCUT2D eigenvalue weighted by Gasteiger charge is -2.32. The SMILES string of the molecule is Cc1ccc(-c2cccc(NC(=O)Nc3nc4nc(NCCCN5CCN(C)CC5)ncc4cc3-c3c(Cl)cccc3Cl)c2CF)cc1. The van der Waals surface area contributed by atoms with Gasteiger partial charge in [-0.2, -0.15) is 4.98 Å². The maximum atomic E-state index is 14.5. The van der Waals surface area contributed by atoms with E-state index in [9.17, 15) is 9.18 Å². The number of benzene rings is 3. The topological polar surface area (TPSA) is 98.3 Å². The molecule has 1 aliphatic rings. The molecule has 2 amide bonds. The number of piperazine rings is 1. The third kappa shape index (κ3) is 7.85. The molecule has 9 nitrogen and oxygen atoms in total. The number of anilines is 3. The molecule has 0 spiro atoms. The van der Waals surface area contributed by atoms with Crippen LogP contribution in [0.4, 0.5) is 26.6 Å². The van der Waals surface area contributed by atoms with Gasteiger partial charge in [-0.15, -0.1) is 0 Å². The molecule has 0 saturated carbocycles. The van der Waals surface area contributed by atoms with Crippen LogP contribution in [0.25, 0.3) is 33.3 Å². The minimum absolute atomic E-state index is 0.186. The van der Waals surface area contributed by atoms with Crippen molar-refractivity contribution in [3.05, 3.63) is 94.1 Å². The molecule has 248 valence electrons. The summed E-state index contributed by atoms with van der Waals surface area (Å²) in [4.78, 5) is 32.2. The molecule has 5 aromatic rings. The van der Waals surface area contributed by atoms with Crippen LogP contribution in [0.5, 0.6) is 0 Å². The van der Waals surface area contributed by atoms with Crippen LogP contribution in [-0.4, -0.2) is 77.1 Å². The first-order chi connectivity index (χ1) is 23.3. The first-order valence-corrected chi connectivity index (χ1v) is 16.6. The number of rotatable bonds is 10. The van der Waals surface area contributed by atoms with Crippen LogP contribution in [0.1, 0.15) is 17.5 Å². The van der Waals surface area contributed by atoms with Crippen molar-refractivity contribution in [2.45, 2.75) is 20.0 Å². The average molecular weight is 688 g/mol. The second kappa shape index (κ2) is 15.3. The predicted molar refractivity (Wildman–Crippen MR) is 194 cm³/mol. The van der Waals surface area contributed by atoms with Crippen molar-refractivity contribution in [3.8, 4) is 22.3 Å². The van der Waals surface area contributed by atoms with Crippen molar-refractivity contribution in [2.24, 2.45) is 0 Å². The standard InChI is InChI=1S/C36H37Cl2FN8O/c1-23-10-12-24(13-11-23)26-6-3-9-31(28(26)21-39)42-36(48)45-34-27(32-29(37)7-4-8-30(32)38)20-25-22-41-35(44-33(25)43-34)40-14-5-15-47-18-16-46(2)17-19-47/h3-4,6-13,20,22H,5,14-19,21H2,1-2H3,(H3,40,41,42,43,44,45,48). The zero-order valence-electron chi connectivity index (χ0n) is 26.9. The zero-order chi connectivity index (χ0) is 33.6. The number of carbonyl (C=O) groups excluding carboxylic acids is 1. The lowest BCUT2D eigenvalue weighted by molar-refractivity contribution is 0.154. The van der Waals surface area contributed by atoms with Gasteiger partial charge in [0.2, 0.25) is 5.95 Å². The van der Waals surface area contributed by atoms with Gasteiger partial charge < -0.3 is 20.4 Å². The number of nitrogens with one attached hydrogen (secondary N) is 3. The third-order valence-corrected chi connectivity index (χ3v) is 9.11. The van der Waals surface area contributed by atoms with Crippen molar-refractivity contribution in [1.82, 2.24) is 24.8 Å². The molecular formula is C36H37Cl2FN8O. The molecule has 1 aliphatic heterocycles. The van der Waals surface area contributed by atoms with Gasteiger partial charge in [0.15, 0.2) is 5.65 Å². The number of aromatic nitrogens is 3. The number of hydrogen-bond acceptors (Lipinski definition) is 7. The Balaban J connectivity index is 1.25. The Hall–Kier alpha value is -4.35. The zero-order valence-corrected chi connectivity index (χ0v) is 28.4. The largest absolute Gasteiger partial charge is 0.354 e. The number of pyridine rings is 1. The molecule has 3 N–H and O–H groups in total. The van der Waals surface area contributed by atoms with Crippen LogP contribution in [0.2, 0.25) is 10.0 Å². The molecule has 12 heteroatoms. The number of hydrogen-bond donors (Lipinski definition) is 3. The molecule has 0 aliphatic carbocycles. The number of alkyl halides is 1. The van der Waals surface area contributed by atoms with Gasteiger partial charge in [0, 0.05) is 66.7 Å². The number of carbonyl (C=O) groups is 1. The molecular weight excluding hydrogens is 650 g/mol. The number of urea groups is 1. The highest BCUT2D eigenvalue weighted by Crippen LogP contribution is 2.39. The van der Waals surface area contributed by atoms with Crippen LogP contribution in [-0.2, 0) is 6.67 Å². The fourth-order valence-electron chi connectivity index (χ4n) is 5.78. The summed E-state index contributed by atoms with van der Waals surface area (Å²) < 4.78 is 14.5. The second-order valence-corrected chi connectivity index (χ2v) is 12.7. The number of halogens is 3. The summed E-state index contributed by atoms with van der Waals surface area (Å²) in [5.74, 6) is 0.624. The minimum atomic E-state index is -0.767. The second-order valence-electron chi connectivity index (χ2n) is 11.9. The average Bonchev–Trinajstić information content (AvgIpc) is 3.08. The van der Waals surface area contributed by atoms with E-state index in [-0.39, 0.29) is 5.82 Å². The van der Waals surface area contributed by atoms with Gasteiger partial charge in [0.25, 0.3) is 0 Å². The van der Waals surface area contributed by atoms with E-state index in [1.807, 2.05) is 37.3 Å². The highest BCUT2D eigenvalue weighted by Gasteiger charge is 2.20. The van der Waals surface area contributed by atoms with Gasteiger partial charge in [-0.3, -0.25) is 5.32 Å². The monoisotopic (exact) mass is 686 g/mol. The van der Waals surface area contributed by atoms with Crippen LogP contribution in [0.15, 0.2) is 72.9 Å². The highest BCUT2D eigenvalue weighted by atomic mass is 35.5. The summed E-state index contributed by atoms with van der Waals surface area (Å²) in [6.07, 6.45) is 2.63. The lowest BCUT2D eigenvalue weighted by atomic mass is 9.98. The minimum Gasteiger partial charge on any atom is -0.354 e. The van der Waals surface area contributed by atoms with Crippen LogP contribution in [0.3, 0.4) is 0 Å². The third-order valence-electron chi connectivity index (χ3n) is 8.48. The molecule has 2 aromatic heterocycles. The number of nitrogens with zero attached hydrogens (tertiary/aromatic N) is 5. The van der Waals surface area contributed by atoms with Gasteiger partial charge in [-0.25, -0.2) is 19.2 Å². The summed E-state index contributed by atoms with van der Waals surface area (Å²) in [7, 11) is 2.15. The Morgan fingerprint density at radius 1 is 0.917 bits per heavy atom. The molecule has 3 heterocycles. The van der Waals surface area contributed by atoms with Crippen molar-refractivity contribution in [2.75, 3.05) is 62.3 Å². The molecule has 3 aromatic carbocycles. The number of amides is 2. The Bertz CT molecular complexity index is 1900. The first-order valence-electron chi connectivity index (χ1n) is 15.9. The maximum absolute atomic E-state index is 14.5. The summed E-state index contributed by atoms with van der Waals surface area (Å²) in [6.45, 7) is 7.23. The Morgan fingerprint density at radius 2 is 1.65 bits per heavy atom. The van der Waals surface area contributed by atoms with E-state index in [1.54, 1.807) is 42.6 Å². The highest BCUT2D eigenvalue weighted by molar-refractivity contribution is 6.39. The quantitative estimate of drug-likeness (QED) is 0.128. The normalized spacial score (nSPS) is 13.9. The molecule has 6 rings (SSSR count). The molecule has 1 fully saturated rings. The molecule has 48 heavy (non-hydrogen) atoms. The maximum Gasteiger partial charge on any atom is 0.324 e. The fourth-order valence-corrected chi connectivity index (χ4v) is 6.38. The number of fused-ring (bicyclic) bond motifs is 1. The lowest BCUT2D eigenvalue weighted by Crippen LogP contribution is -2.44. The van der Waals surface area contributed by atoms with E-state index >= 15 is 0 Å². The van der Waals surface area contributed by atoms with Crippen LogP contribution < -0.4 is 16.0 Å². The van der Waals surface area contributed by atoms with Gasteiger partial charge >= 0.3 is 6.03 Å². The smallest absolute Gasteiger partial charge is 0.324 e.